The number of anilines is 3. The van der Waals surface area contributed by atoms with Crippen molar-refractivity contribution < 1.29 is 23.1 Å². The zero-order valence-corrected chi connectivity index (χ0v) is 16.5. The molecule has 0 atom stereocenters. The van der Waals surface area contributed by atoms with Crippen molar-refractivity contribution in [3.63, 3.8) is 0 Å². The van der Waals surface area contributed by atoms with Crippen LogP contribution in [0, 0.1) is 11.6 Å². The number of carbonyl (C=O) groups is 2. The summed E-state index contributed by atoms with van der Waals surface area (Å²) in [5, 5.41) is 10.2. The van der Waals surface area contributed by atoms with Crippen LogP contribution < -0.4 is 15.4 Å². The van der Waals surface area contributed by atoms with E-state index in [1.165, 1.54) is 29.3 Å². The number of carbonyl (C=O) groups excluding carboxylic acids is 2. The highest BCUT2D eigenvalue weighted by Gasteiger charge is 2.12. The first-order chi connectivity index (χ1) is 15.5. The smallest absolute Gasteiger partial charge is 0.246 e. The fourth-order valence-corrected chi connectivity index (χ4v) is 2.95. The van der Waals surface area contributed by atoms with Gasteiger partial charge in [0.05, 0.1) is 23.1 Å². The minimum Gasteiger partial charge on any atom is -0.486 e. The zero-order valence-electron chi connectivity index (χ0n) is 16.5. The summed E-state index contributed by atoms with van der Waals surface area (Å²) in [4.78, 5) is 31.0. The molecule has 0 saturated carbocycles. The molecular weight excluding hydrogens is 422 g/mol. The monoisotopic (exact) mass is 438 g/mol. The van der Waals surface area contributed by atoms with Crippen molar-refractivity contribution in [1.29, 1.82) is 0 Å². The second-order valence-electron chi connectivity index (χ2n) is 6.58. The van der Waals surface area contributed by atoms with Crippen LogP contribution in [0.5, 0.6) is 5.75 Å². The summed E-state index contributed by atoms with van der Waals surface area (Å²) in [6.45, 7) is -0.264. The molecule has 0 bridgehead atoms. The lowest BCUT2D eigenvalue weighted by atomic mass is 10.2. The van der Waals surface area contributed by atoms with Crippen LogP contribution in [0.1, 0.15) is 0 Å². The van der Waals surface area contributed by atoms with E-state index in [0.29, 0.717) is 34.4 Å². The van der Waals surface area contributed by atoms with Crippen molar-refractivity contribution >= 4 is 40.3 Å². The summed E-state index contributed by atoms with van der Waals surface area (Å²) < 4.78 is 33.6. The van der Waals surface area contributed by atoms with Gasteiger partial charge in [0.25, 0.3) is 0 Å². The Labute approximate surface area is 180 Å². The third kappa shape index (κ3) is 4.67. The zero-order chi connectivity index (χ0) is 22.5. The maximum absolute atomic E-state index is 13.7. The summed E-state index contributed by atoms with van der Waals surface area (Å²) in [5.41, 5.74) is 0.912. The SMILES string of the molecule is O=CCOc1ccc2c(Nc3cnn(CC(=O)Nc4cccc(F)c4F)c3)ncnc2c1. The van der Waals surface area contributed by atoms with E-state index in [2.05, 4.69) is 25.7 Å². The summed E-state index contributed by atoms with van der Waals surface area (Å²) in [7, 11) is 0. The Morgan fingerprint density at radius 2 is 2.06 bits per heavy atom. The Morgan fingerprint density at radius 3 is 2.91 bits per heavy atom. The minimum atomic E-state index is -1.13. The summed E-state index contributed by atoms with van der Waals surface area (Å²) in [6, 6.07) is 8.66. The highest BCUT2D eigenvalue weighted by molar-refractivity contribution is 5.92. The van der Waals surface area contributed by atoms with Crippen molar-refractivity contribution in [2.24, 2.45) is 0 Å². The number of benzene rings is 2. The number of aldehydes is 1. The van der Waals surface area contributed by atoms with E-state index in [-0.39, 0.29) is 18.8 Å². The molecule has 4 rings (SSSR count). The molecule has 0 fully saturated rings. The third-order valence-electron chi connectivity index (χ3n) is 4.35. The van der Waals surface area contributed by atoms with E-state index in [4.69, 9.17) is 4.74 Å². The van der Waals surface area contributed by atoms with Crippen molar-refractivity contribution in [3.05, 3.63) is 66.8 Å². The molecule has 2 aromatic carbocycles. The Bertz CT molecular complexity index is 1290. The van der Waals surface area contributed by atoms with Crippen LogP contribution in [0.4, 0.5) is 26.0 Å². The molecule has 0 radical (unpaired) electrons. The van der Waals surface area contributed by atoms with Crippen molar-refractivity contribution in [2.75, 3.05) is 17.2 Å². The average molecular weight is 438 g/mol. The normalized spacial score (nSPS) is 10.7. The molecule has 0 aliphatic carbocycles. The number of hydrogen-bond acceptors (Lipinski definition) is 7. The molecule has 11 heteroatoms. The topological polar surface area (TPSA) is 111 Å². The Kier molecular flexibility index (Phi) is 5.97. The van der Waals surface area contributed by atoms with Crippen LogP contribution >= 0.6 is 0 Å². The van der Waals surface area contributed by atoms with Gasteiger partial charge in [0.1, 0.15) is 31.0 Å². The predicted octanol–water partition coefficient (Wildman–Crippen LogP) is 3.06. The van der Waals surface area contributed by atoms with Gasteiger partial charge in [-0.2, -0.15) is 5.10 Å². The molecule has 0 saturated heterocycles. The highest BCUT2D eigenvalue weighted by Crippen LogP contribution is 2.26. The van der Waals surface area contributed by atoms with E-state index >= 15 is 0 Å². The van der Waals surface area contributed by atoms with E-state index in [9.17, 15) is 18.4 Å². The van der Waals surface area contributed by atoms with Gasteiger partial charge in [-0.25, -0.2) is 18.7 Å². The lowest BCUT2D eigenvalue weighted by Gasteiger charge is -2.08. The standard InChI is InChI=1S/C21H16F2N6O3/c22-16-2-1-3-17(20(16)23)28-19(31)11-29-10-13(9-26-29)27-21-15-5-4-14(32-7-6-30)8-18(15)24-12-25-21/h1-6,8-10,12H,7,11H2,(H,28,31)(H,24,25,27). The van der Waals surface area contributed by atoms with E-state index < -0.39 is 17.5 Å². The van der Waals surface area contributed by atoms with Crippen LogP contribution in [0.2, 0.25) is 0 Å². The minimum absolute atomic E-state index is 0.0552. The second-order valence-corrected chi connectivity index (χ2v) is 6.58. The van der Waals surface area contributed by atoms with Crippen LogP contribution in [0.15, 0.2) is 55.1 Å². The first kappa shape index (κ1) is 20.8. The summed E-state index contributed by atoms with van der Waals surface area (Å²) in [5.74, 6) is -1.74. The highest BCUT2D eigenvalue weighted by atomic mass is 19.2. The number of aromatic nitrogens is 4. The largest absolute Gasteiger partial charge is 0.486 e. The molecule has 1 amide bonds. The van der Waals surface area contributed by atoms with Crippen molar-refractivity contribution in [3.8, 4) is 5.75 Å². The molecule has 0 aliphatic rings. The van der Waals surface area contributed by atoms with Gasteiger partial charge in [-0.3, -0.25) is 14.3 Å². The Morgan fingerprint density at radius 1 is 1.19 bits per heavy atom. The van der Waals surface area contributed by atoms with Crippen LogP contribution in [-0.2, 0) is 16.1 Å². The molecule has 9 nitrogen and oxygen atoms in total. The predicted molar refractivity (Wildman–Crippen MR) is 112 cm³/mol. The third-order valence-corrected chi connectivity index (χ3v) is 4.35. The maximum Gasteiger partial charge on any atom is 0.246 e. The molecule has 0 unspecified atom stereocenters. The van der Waals surface area contributed by atoms with Gasteiger partial charge in [-0.1, -0.05) is 6.07 Å². The number of rotatable bonds is 8. The number of nitrogens with one attached hydrogen (secondary N) is 2. The molecule has 162 valence electrons. The van der Waals surface area contributed by atoms with E-state index in [1.54, 1.807) is 24.4 Å². The summed E-state index contributed by atoms with van der Waals surface area (Å²) >= 11 is 0. The molecular formula is C21H16F2N6O3. The molecule has 2 heterocycles. The van der Waals surface area contributed by atoms with Gasteiger partial charge >= 0.3 is 0 Å². The molecule has 32 heavy (non-hydrogen) atoms. The lowest BCUT2D eigenvalue weighted by molar-refractivity contribution is -0.117. The van der Waals surface area contributed by atoms with Gasteiger partial charge in [0.2, 0.25) is 5.91 Å². The second kappa shape index (κ2) is 9.16. The molecule has 0 aliphatic heterocycles. The van der Waals surface area contributed by atoms with Crippen molar-refractivity contribution in [2.45, 2.75) is 6.54 Å². The van der Waals surface area contributed by atoms with E-state index in [0.717, 1.165) is 6.07 Å². The first-order valence-electron chi connectivity index (χ1n) is 9.38. The quantitative estimate of drug-likeness (QED) is 0.407. The van der Waals surface area contributed by atoms with Gasteiger partial charge in [-0.05, 0) is 24.3 Å². The van der Waals surface area contributed by atoms with Gasteiger partial charge < -0.3 is 15.4 Å². The molecule has 0 spiro atoms. The lowest BCUT2D eigenvalue weighted by Crippen LogP contribution is -2.19. The fraction of sp³-hybridized carbons (Fsp3) is 0.0952. The number of fused-ring (bicyclic) bond motifs is 1. The Balaban J connectivity index is 1.45. The number of ether oxygens (including phenoxy) is 1. The number of halogens is 2. The number of hydrogen-bond donors (Lipinski definition) is 2. The molecule has 4 aromatic rings. The van der Waals surface area contributed by atoms with Crippen LogP contribution in [-0.4, -0.2) is 38.5 Å². The Hall–Kier alpha value is -4.41. The van der Waals surface area contributed by atoms with Gasteiger partial charge in [0, 0.05) is 17.6 Å². The van der Waals surface area contributed by atoms with Gasteiger partial charge in [0.15, 0.2) is 17.9 Å². The van der Waals surface area contributed by atoms with Gasteiger partial charge in [-0.15, -0.1) is 0 Å². The number of amides is 1. The van der Waals surface area contributed by atoms with Crippen LogP contribution in [0.25, 0.3) is 10.9 Å². The molecule has 2 N–H and O–H groups in total. The van der Waals surface area contributed by atoms with Crippen molar-refractivity contribution in [1.82, 2.24) is 19.7 Å². The fourth-order valence-electron chi connectivity index (χ4n) is 2.95. The first-order valence-corrected chi connectivity index (χ1v) is 9.38. The number of nitrogens with zero attached hydrogens (tertiary/aromatic N) is 4. The van der Waals surface area contributed by atoms with Crippen LogP contribution in [0.3, 0.4) is 0 Å². The average Bonchev–Trinajstić information content (AvgIpc) is 3.22. The summed E-state index contributed by atoms with van der Waals surface area (Å²) in [6.07, 6.45) is 5.09. The van der Waals surface area contributed by atoms with E-state index in [1.807, 2.05) is 0 Å². The molecule has 2 aromatic heterocycles. The maximum atomic E-state index is 13.7.